The Kier molecular flexibility index (Phi) is 20.6. The van der Waals surface area contributed by atoms with Crippen LogP contribution in [-0.4, -0.2) is 0 Å². The Hall–Kier alpha value is -0.817. The van der Waals surface area contributed by atoms with Crippen LogP contribution in [0.15, 0.2) is 60.8 Å². The summed E-state index contributed by atoms with van der Waals surface area (Å²) in [5.41, 5.74) is 2.69. The second-order valence-electron chi connectivity index (χ2n) is 4.27. The Bertz CT molecular complexity index is 352. The third-order valence-electron chi connectivity index (χ3n) is 2.77. The largest absolute Gasteiger partial charge is 4.00 e. The summed E-state index contributed by atoms with van der Waals surface area (Å²) >= 11 is 0. The van der Waals surface area contributed by atoms with E-state index in [9.17, 15) is 0 Å². The fraction of sp³-hybridized carbons (Fsp3) is 0.333. The van der Waals surface area contributed by atoms with Crippen LogP contribution in [0.4, 0.5) is 0 Å². The van der Waals surface area contributed by atoms with Gasteiger partial charge in [0, 0.05) is 0 Å². The van der Waals surface area contributed by atoms with E-state index in [1.807, 2.05) is 12.2 Å². The third kappa shape index (κ3) is 12.6. The van der Waals surface area contributed by atoms with E-state index in [1.165, 1.54) is 11.1 Å². The zero-order valence-electron chi connectivity index (χ0n) is 12.4. The molecule has 3 heteroatoms. The second kappa shape index (κ2) is 17.2. The molecule has 2 aliphatic rings. The van der Waals surface area contributed by atoms with E-state index in [1.54, 1.807) is 0 Å². The van der Waals surface area contributed by atoms with Crippen molar-refractivity contribution in [3.63, 3.8) is 0 Å². The number of halogens is 2. The molecule has 0 aromatic rings. The molecule has 0 radical (unpaired) electrons. The van der Waals surface area contributed by atoms with Crippen LogP contribution in [0.25, 0.3) is 0 Å². The summed E-state index contributed by atoms with van der Waals surface area (Å²) in [7, 11) is 0. The molecule has 2 aliphatic carbocycles. The predicted octanol–water partition coefficient (Wildman–Crippen LogP) is -0.710. The van der Waals surface area contributed by atoms with Crippen molar-refractivity contribution in [3.05, 3.63) is 72.9 Å². The predicted molar refractivity (Wildman–Crippen MR) is 79.9 cm³/mol. The first-order valence-corrected chi connectivity index (χ1v) is 6.61. The van der Waals surface area contributed by atoms with Crippen LogP contribution in [0.5, 0.6) is 0 Å². The minimum absolute atomic E-state index is 0. The molecule has 0 spiro atoms. The van der Waals surface area contributed by atoms with Crippen molar-refractivity contribution in [3.8, 4) is 0 Å². The molecule has 0 atom stereocenters. The van der Waals surface area contributed by atoms with E-state index in [4.69, 9.17) is 0 Å². The summed E-state index contributed by atoms with van der Waals surface area (Å²) in [5.74, 6) is 0. The molecule has 21 heavy (non-hydrogen) atoms. The molecule has 0 heterocycles. The molecule has 0 aromatic heterocycles. The molecule has 0 nitrogen and oxygen atoms in total. The molecule has 0 saturated carbocycles. The maximum atomic E-state index is 3.66. The summed E-state index contributed by atoms with van der Waals surface area (Å²) in [4.78, 5) is 0. The maximum absolute atomic E-state index is 3.66. The molecule has 112 valence electrons. The van der Waals surface area contributed by atoms with Gasteiger partial charge in [-0.05, 0) is 12.8 Å². The van der Waals surface area contributed by atoms with Gasteiger partial charge in [-0.15, -0.1) is 26.0 Å². The maximum Gasteiger partial charge on any atom is 4.00 e. The topological polar surface area (TPSA) is 0 Å². The minimum atomic E-state index is 0. The van der Waals surface area contributed by atoms with Crippen LogP contribution in [0, 0.1) is 12.2 Å². The van der Waals surface area contributed by atoms with Gasteiger partial charge in [0.1, 0.15) is 0 Å². The molecule has 0 aliphatic heterocycles. The molecular weight excluding hydrogens is 345 g/mol. The van der Waals surface area contributed by atoms with Crippen LogP contribution in [0.3, 0.4) is 0 Å². The van der Waals surface area contributed by atoms with Crippen molar-refractivity contribution in [1.29, 1.82) is 0 Å². The quantitative estimate of drug-likeness (QED) is 0.430. The summed E-state index contributed by atoms with van der Waals surface area (Å²) in [6, 6.07) is 0. The first-order valence-electron chi connectivity index (χ1n) is 6.61. The van der Waals surface area contributed by atoms with Crippen molar-refractivity contribution in [2.45, 2.75) is 38.5 Å². The van der Waals surface area contributed by atoms with E-state index in [0.29, 0.717) is 0 Å². The first-order chi connectivity index (χ1) is 8.86. The van der Waals surface area contributed by atoms with E-state index in [0.717, 1.165) is 38.5 Å². The van der Waals surface area contributed by atoms with Gasteiger partial charge >= 0.3 is 26.2 Å². The van der Waals surface area contributed by atoms with Crippen molar-refractivity contribution in [2.75, 3.05) is 0 Å². The normalized spacial score (nSPS) is 13.5. The molecular formula is C18H22F2Zr. The molecule has 0 saturated heterocycles. The van der Waals surface area contributed by atoms with Crippen LogP contribution in [0.2, 0.25) is 0 Å². The number of rotatable bonds is 6. The van der Waals surface area contributed by atoms with Crippen molar-refractivity contribution in [2.24, 2.45) is 0 Å². The van der Waals surface area contributed by atoms with Gasteiger partial charge in [0.2, 0.25) is 0 Å². The Morgan fingerprint density at radius 1 is 0.857 bits per heavy atom. The van der Waals surface area contributed by atoms with E-state index in [2.05, 4.69) is 49.6 Å². The number of allylic oxidation sites excluding steroid dienone is 10. The van der Waals surface area contributed by atoms with Gasteiger partial charge in [-0.3, -0.25) is 12.2 Å². The van der Waals surface area contributed by atoms with Crippen LogP contribution < -0.4 is 9.41 Å². The Balaban J connectivity index is -0.000000270. The average molecular weight is 368 g/mol. The zero-order valence-corrected chi connectivity index (χ0v) is 14.8. The monoisotopic (exact) mass is 366 g/mol. The van der Waals surface area contributed by atoms with Crippen molar-refractivity contribution in [1.82, 2.24) is 0 Å². The van der Waals surface area contributed by atoms with E-state index >= 15 is 0 Å². The fourth-order valence-corrected chi connectivity index (χ4v) is 1.76. The SMILES string of the molecule is C=CCCC1=[C-]CC=C1.C=CCCC1=[C-]CC=C1.[F-].[F-].[Zr+4]. The van der Waals surface area contributed by atoms with Crippen LogP contribution in [0.1, 0.15) is 38.5 Å². The van der Waals surface area contributed by atoms with Gasteiger partial charge in [0.05, 0.1) is 0 Å². The minimum Gasteiger partial charge on any atom is -1.00 e. The zero-order chi connectivity index (χ0) is 13.1. The van der Waals surface area contributed by atoms with Gasteiger partial charge in [-0.25, -0.2) is 23.3 Å². The van der Waals surface area contributed by atoms with E-state index < -0.39 is 0 Å². The van der Waals surface area contributed by atoms with Gasteiger partial charge in [0.15, 0.2) is 0 Å². The Labute approximate surface area is 147 Å². The second-order valence-corrected chi connectivity index (χ2v) is 4.27. The Morgan fingerprint density at radius 3 is 1.48 bits per heavy atom. The first kappa shape index (κ1) is 25.2. The van der Waals surface area contributed by atoms with Crippen LogP contribution >= 0.6 is 0 Å². The molecule has 0 bridgehead atoms. The molecule has 0 fully saturated rings. The molecule has 0 unspecified atom stereocenters. The van der Waals surface area contributed by atoms with Crippen molar-refractivity contribution < 1.29 is 35.6 Å². The molecule has 0 N–H and O–H groups in total. The Morgan fingerprint density at radius 2 is 1.24 bits per heavy atom. The molecule has 0 aromatic carbocycles. The molecule has 0 amide bonds. The van der Waals surface area contributed by atoms with Crippen LogP contribution in [-0.2, 0) is 26.2 Å². The summed E-state index contributed by atoms with van der Waals surface area (Å²) in [6.07, 6.45) is 25.3. The van der Waals surface area contributed by atoms with Gasteiger partial charge < -0.3 is 9.41 Å². The summed E-state index contributed by atoms with van der Waals surface area (Å²) < 4.78 is 0. The number of hydrogen-bond acceptors (Lipinski definition) is 0. The van der Waals surface area contributed by atoms with Gasteiger partial charge in [0.25, 0.3) is 0 Å². The smallest absolute Gasteiger partial charge is 1.00 e. The summed E-state index contributed by atoms with van der Waals surface area (Å²) in [6.45, 7) is 7.31. The van der Waals surface area contributed by atoms with Gasteiger partial charge in [-0.1, -0.05) is 25.0 Å². The standard InChI is InChI=1S/2C9H11.2FH.Zr/c2*1-2-3-6-9-7-4-5-8-9;;;/h2*2,4,7H,1,3,5-6H2;2*1H;/q2*-1;;;+4/p-2. The average Bonchev–Trinajstić information content (AvgIpc) is 3.07. The summed E-state index contributed by atoms with van der Waals surface area (Å²) in [5, 5.41) is 0. The van der Waals surface area contributed by atoms with E-state index in [-0.39, 0.29) is 35.6 Å². The van der Waals surface area contributed by atoms with Crippen molar-refractivity contribution >= 4 is 0 Å². The fourth-order valence-electron chi connectivity index (χ4n) is 1.76. The molecule has 2 rings (SSSR count). The van der Waals surface area contributed by atoms with Gasteiger partial charge in [-0.2, -0.15) is 12.2 Å². The third-order valence-corrected chi connectivity index (χ3v) is 2.77. The number of hydrogen-bond donors (Lipinski definition) is 0.